The summed E-state index contributed by atoms with van der Waals surface area (Å²) in [6, 6.07) is -1.84. The first-order valence-electron chi connectivity index (χ1n) is 8.90. The minimum absolute atomic E-state index is 0.0378. The minimum Gasteiger partial charge on any atom is -0.356 e. The fourth-order valence-electron chi connectivity index (χ4n) is 3.93. The van der Waals surface area contributed by atoms with E-state index in [1.54, 1.807) is 16.4 Å². The Balaban J connectivity index is 1.76. The molecule has 1 aliphatic heterocycles. The predicted molar refractivity (Wildman–Crippen MR) is 94.0 cm³/mol. The summed E-state index contributed by atoms with van der Waals surface area (Å²) in [5.74, 6) is -0.217. The number of nitrogens with zero attached hydrogens (tertiary/aromatic N) is 3. The van der Waals surface area contributed by atoms with Crippen molar-refractivity contribution in [3.05, 3.63) is 32.6 Å². The van der Waals surface area contributed by atoms with Crippen LogP contribution in [-0.4, -0.2) is 39.8 Å². The number of halogens is 3. The van der Waals surface area contributed by atoms with Gasteiger partial charge >= 0.3 is 11.9 Å². The van der Waals surface area contributed by atoms with E-state index in [0.717, 1.165) is 12.8 Å². The van der Waals surface area contributed by atoms with Crippen LogP contribution in [0.3, 0.4) is 0 Å². The molecule has 1 saturated heterocycles. The molecule has 0 spiro atoms. The lowest BCUT2D eigenvalue weighted by Crippen LogP contribution is -2.44. The van der Waals surface area contributed by atoms with Crippen molar-refractivity contribution in [3.63, 3.8) is 0 Å². The van der Waals surface area contributed by atoms with Crippen LogP contribution in [-0.2, 0) is 0 Å². The summed E-state index contributed by atoms with van der Waals surface area (Å²) in [7, 11) is 0. The number of aromatic nitrogens is 3. The highest BCUT2D eigenvalue weighted by Gasteiger charge is 2.44. The standard InChI is InChI=1S/C17H20F3N5O2/c1-8-12-11(15(26)23-16(27)25(12)10-2-3-10)6-22-14(8)24-5-4-9(7-24)13(21)17(18,19)20/h6,9-10,13H,2-5,7,21H2,1H3,(H,23,26,27). The van der Waals surface area contributed by atoms with E-state index in [4.69, 9.17) is 5.73 Å². The van der Waals surface area contributed by atoms with Crippen LogP contribution in [0.1, 0.15) is 30.9 Å². The SMILES string of the molecule is Cc1c(N2CCC(C(N)C(F)(F)F)C2)ncc2c(=O)[nH]c(=O)n(C3CC3)c12. The van der Waals surface area contributed by atoms with Gasteiger partial charge in [0.25, 0.3) is 5.56 Å². The maximum atomic E-state index is 12.9. The fraction of sp³-hybridized carbons (Fsp3) is 0.588. The molecule has 2 aliphatic rings. The molecule has 7 nitrogen and oxygen atoms in total. The van der Waals surface area contributed by atoms with Gasteiger partial charge in [0, 0.05) is 36.8 Å². The largest absolute Gasteiger partial charge is 0.403 e. The highest BCUT2D eigenvalue weighted by atomic mass is 19.4. The summed E-state index contributed by atoms with van der Waals surface area (Å²) in [4.78, 5) is 32.9. The van der Waals surface area contributed by atoms with Crippen molar-refractivity contribution in [3.8, 4) is 0 Å². The van der Waals surface area contributed by atoms with Crippen LogP contribution < -0.4 is 21.9 Å². The Morgan fingerprint density at radius 1 is 1.30 bits per heavy atom. The van der Waals surface area contributed by atoms with Gasteiger partial charge in [0.2, 0.25) is 0 Å². The van der Waals surface area contributed by atoms with Crippen molar-refractivity contribution in [2.24, 2.45) is 11.7 Å². The fourth-order valence-corrected chi connectivity index (χ4v) is 3.93. The summed E-state index contributed by atoms with van der Waals surface area (Å²) >= 11 is 0. The molecular weight excluding hydrogens is 363 g/mol. The zero-order valence-electron chi connectivity index (χ0n) is 14.7. The van der Waals surface area contributed by atoms with E-state index < -0.39 is 29.4 Å². The molecule has 0 bridgehead atoms. The first kappa shape index (κ1) is 18.0. The number of H-pyrrole nitrogens is 1. The van der Waals surface area contributed by atoms with Gasteiger partial charge in [-0.3, -0.25) is 14.3 Å². The summed E-state index contributed by atoms with van der Waals surface area (Å²) in [6.07, 6.45) is -1.03. The number of rotatable bonds is 3. The molecule has 0 aromatic carbocycles. The van der Waals surface area contributed by atoms with Gasteiger partial charge in [-0.15, -0.1) is 0 Å². The third-order valence-electron chi connectivity index (χ3n) is 5.51. The molecule has 3 heterocycles. The lowest BCUT2D eigenvalue weighted by molar-refractivity contribution is -0.157. The van der Waals surface area contributed by atoms with Gasteiger partial charge in [-0.2, -0.15) is 13.2 Å². The van der Waals surface area contributed by atoms with Crippen molar-refractivity contribution >= 4 is 16.7 Å². The summed E-state index contributed by atoms with van der Waals surface area (Å²) in [5, 5.41) is 0.311. The quantitative estimate of drug-likeness (QED) is 0.836. The summed E-state index contributed by atoms with van der Waals surface area (Å²) < 4.78 is 40.3. The Morgan fingerprint density at radius 2 is 2.00 bits per heavy atom. The van der Waals surface area contributed by atoms with E-state index >= 15 is 0 Å². The number of nitrogens with two attached hydrogens (primary N) is 1. The summed E-state index contributed by atoms with van der Waals surface area (Å²) in [5.41, 5.74) is 5.54. The molecule has 10 heteroatoms. The molecule has 3 N–H and O–H groups in total. The van der Waals surface area contributed by atoms with E-state index in [0.29, 0.717) is 35.2 Å². The maximum Gasteiger partial charge on any atom is 0.403 e. The van der Waals surface area contributed by atoms with E-state index in [2.05, 4.69) is 9.97 Å². The molecule has 27 heavy (non-hydrogen) atoms. The van der Waals surface area contributed by atoms with Crippen LogP contribution in [0.25, 0.3) is 10.9 Å². The van der Waals surface area contributed by atoms with Crippen molar-refractivity contribution in [1.29, 1.82) is 0 Å². The third kappa shape index (κ3) is 3.01. The van der Waals surface area contributed by atoms with Crippen molar-refractivity contribution < 1.29 is 13.2 Å². The van der Waals surface area contributed by atoms with Gasteiger partial charge in [0.15, 0.2) is 0 Å². The Hall–Kier alpha value is -2.36. The average Bonchev–Trinajstić information content (AvgIpc) is 3.30. The predicted octanol–water partition coefficient (Wildman–Crippen LogP) is 1.44. The van der Waals surface area contributed by atoms with Gasteiger partial charge in [-0.25, -0.2) is 9.78 Å². The molecule has 2 unspecified atom stereocenters. The number of fused-ring (bicyclic) bond motifs is 1. The van der Waals surface area contributed by atoms with Crippen molar-refractivity contribution in [1.82, 2.24) is 14.5 Å². The van der Waals surface area contributed by atoms with Gasteiger partial charge in [-0.05, 0) is 26.2 Å². The molecule has 0 amide bonds. The molecular formula is C17H20F3N5O2. The molecule has 0 radical (unpaired) electrons. The van der Waals surface area contributed by atoms with Gasteiger partial charge < -0.3 is 10.6 Å². The molecule has 2 fully saturated rings. The topological polar surface area (TPSA) is 97.0 Å². The van der Waals surface area contributed by atoms with Crippen LogP contribution in [0.15, 0.2) is 15.8 Å². The molecule has 1 saturated carbocycles. The minimum atomic E-state index is -4.44. The van der Waals surface area contributed by atoms with Crippen LogP contribution in [0, 0.1) is 12.8 Å². The van der Waals surface area contributed by atoms with Crippen LogP contribution in [0.4, 0.5) is 19.0 Å². The second-order valence-electron chi connectivity index (χ2n) is 7.39. The lowest BCUT2D eigenvalue weighted by Gasteiger charge is -2.24. The first-order chi connectivity index (χ1) is 12.7. The number of pyridine rings is 1. The monoisotopic (exact) mass is 383 g/mol. The van der Waals surface area contributed by atoms with Crippen LogP contribution in [0.2, 0.25) is 0 Å². The number of nitrogens with one attached hydrogen (secondary N) is 1. The van der Waals surface area contributed by atoms with Gasteiger partial charge in [0.1, 0.15) is 11.9 Å². The summed E-state index contributed by atoms with van der Waals surface area (Å²) in [6.45, 7) is 2.28. The number of aromatic amines is 1. The number of anilines is 1. The zero-order valence-corrected chi connectivity index (χ0v) is 14.7. The Labute approximate surface area is 152 Å². The molecule has 4 rings (SSSR count). The zero-order chi connectivity index (χ0) is 19.5. The highest BCUT2D eigenvalue weighted by molar-refractivity contribution is 5.84. The first-order valence-corrected chi connectivity index (χ1v) is 8.90. The molecule has 2 aromatic rings. The maximum absolute atomic E-state index is 12.9. The highest BCUT2D eigenvalue weighted by Crippen LogP contribution is 2.38. The van der Waals surface area contributed by atoms with E-state index in [1.807, 2.05) is 0 Å². The Morgan fingerprint density at radius 3 is 2.63 bits per heavy atom. The molecule has 146 valence electrons. The Bertz CT molecular complexity index is 1010. The molecule has 1 aliphatic carbocycles. The van der Waals surface area contributed by atoms with E-state index in [-0.39, 0.29) is 12.6 Å². The van der Waals surface area contributed by atoms with E-state index in [1.165, 1.54) is 6.20 Å². The number of alkyl halides is 3. The molecule has 2 aromatic heterocycles. The molecule has 2 atom stereocenters. The van der Waals surface area contributed by atoms with Crippen LogP contribution in [0.5, 0.6) is 0 Å². The number of hydrogen-bond donors (Lipinski definition) is 2. The van der Waals surface area contributed by atoms with Gasteiger partial charge in [-0.1, -0.05) is 0 Å². The normalized spacial score (nSPS) is 21.8. The van der Waals surface area contributed by atoms with E-state index in [9.17, 15) is 22.8 Å². The Kier molecular flexibility index (Phi) is 4.06. The smallest absolute Gasteiger partial charge is 0.356 e. The number of aryl methyl sites for hydroxylation is 1. The average molecular weight is 383 g/mol. The van der Waals surface area contributed by atoms with Crippen LogP contribution >= 0.6 is 0 Å². The second-order valence-corrected chi connectivity index (χ2v) is 7.39. The third-order valence-corrected chi connectivity index (χ3v) is 5.51. The number of hydrogen-bond acceptors (Lipinski definition) is 5. The van der Waals surface area contributed by atoms with Gasteiger partial charge in [0.05, 0.1) is 10.9 Å². The van der Waals surface area contributed by atoms with Crippen molar-refractivity contribution in [2.45, 2.75) is 44.4 Å². The van der Waals surface area contributed by atoms with Crippen molar-refractivity contribution in [2.75, 3.05) is 18.0 Å². The lowest BCUT2D eigenvalue weighted by atomic mass is 9.99. The second kappa shape index (κ2) is 6.08.